The summed E-state index contributed by atoms with van der Waals surface area (Å²) in [7, 11) is -4.14. The van der Waals surface area contributed by atoms with Gasteiger partial charge in [-0.3, -0.25) is 4.79 Å². The second-order valence-corrected chi connectivity index (χ2v) is 5.95. The highest BCUT2D eigenvalue weighted by Gasteiger charge is 2.20. The Bertz CT molecular complexity index is 629. The quantitative estimate of drug-likeness (QED) is 0.822. The summed E-state index contributed by atoms with van der Waals surface area (Å²) in [4.78, 5) is 12.9. The van der Waals surface area contributed by atoms with Crippen molar-refractivity contribution in [2.75, 3.05) is 32.9 Å². The summed E-state index contributed by atoms with van der Waals surface area (Å²) in [5.41, 5.74) is 0. The largest absolute Gasteiger partial charge is 0.482 e. The van der Waals surface area contributed by atoms with E-state index >= 15 is 0 Å². The first-order chi connectivity index (χ1) is 9.88. The lowest BCUT2D eigenvalue weighted by Crippen LogP contribution is -2.43. The molecule has 116 valence electrons. The summed E-state index contributed by atoms with van der Waals surface area (Å²) in [6, 6.07) is 2.91. The Kier molecular flexibility index (Phi) is 4.76. The minimum Gasteiger partial charge on any atom is -0.482 e. The number of sulfonamides is 1. The minimum atomic E-state index is -4.14. The van der Waals surface area contributed by atoms with Crippen molar-refractivity contribution in [2.24, 2.45) is 5.14 Å². The molecule has 1 aliphatic rings. The third-order valence-electron chi connectivity index (χ3n) is 2.93. The molecule has 0 saturated carbocycles. The lowest BCUT2D eigenvalue weighted by Gasteiger charge is -2.26. The molecular formula is C12H15FN2O5S. The van der Waals surface area contributed by atoms with E-state index in [2.05, 4.69) is 0 Å². The molecule has 1 amide bonds. The fourth-order valence-corrected chi connectivity index (χ4v) is 2.55. The molecular weight excluding hydrogens is 303 g/mol. The van der Waals surface area contributed by atoms with E-state index in [1.165, 1.54) is 0 Å². The van der Waals surface area contributed by atoms with Crippen molar-refractivity contribution in [3.8, 4) is 5.75 Å². The average Bonchev–Trinajstić information content (AvgIpc) is 2.45. The Morgan fingerprint density at radius 3 is 2.67 bits per heavy atom. The van der Waals surface area contributed by atoms with Gasteiger partial charge in [0.2, 0.25) is 10.0 Å². The van der Waals surface area contributed by atoms with E-state index in [0.717, 1.165) is 18.2 Å². The molecule has 0 aliphatic carbocycles. The van der Waals surface area contributed by atoms with Gasteiger partial charge in [-0.05, 0) is 18.2 Å². The molecule has 2 rings (SSSR count). The third-order valence-corrected chi connectivity index (χ3v) is 3.86. The number of nitrogens with zero attached hydrogens (tertiary/aromatic N) is 1. The number of hydrogen-bond donors (Lipinski definition) is 1. The smallest absolute Gasteiger partial charge is 0.260 e. The number of morpholine rings is 1. The molecule has 1 aromatic rings. The normalized spacial score (nSPS) is 15.8. The van der Waals surface area contributed by atoms with Crippen LogP contribution in [-0.4, -0.2) is 52.1 Å². The van der Waals surface area contributed by atoms with Crippen molar-refractivity contribution < 1.29 is 27.1 Å². The molecule has 1 heterocycles. The lowest BCUT2D eigenvalue weighted by molar-refractivity contribution is -0.137. The van der Waals surface area contributed by atoms with E-state index in [1.54, 1.807) is 4.90 Å². The van der Waals surface area contributed by atoms with Gasteiger partial charge in [0.1, 0.15) is 16.5 Å². The summed E-state index contributed by atoms with van der Waals surface area (Å²) in [5.74, 6) is -1.21. The van der Waals surface area contributed by atoms with Crippen molar-refractivity contribution in [3.05, 3.63) is 24.0 Å². The van der Waals surface area contributed by atoms with Gasteiger partial charge in [0, 0.05) is 13.1 Å². The van der Waals surface area contributed by atoms with Gasteiger partial charge in [0.05, 0.1) is 13.2 Å². The first kappa shape index (κ1) is 15.7. The molecule has 9 heteroatoms. The van der Waals surface area contributed by atoms with Gasteiger partial charge < -0.3 is 14.4 Å². The minimum absolute atomic E-state index is 0.152. The Labute approximate surface area is 121 Å². The number of carbonyl (C=O) groups is 1. The highest BCUT2D eigenvalue weighted by Crippen LogP contribution is 2.23. The molecule has 21 heavy (non-hydrogen) atoms. The second kappa shape index (κ2) is 6.37. The number of carbonyl (C=O) groups excluding carboxylic acids is 1. The van der Waals surface area contributed by atoms with Crippen molar-refractivity contribution >= 4 is 15.9 Å². The third kappa shape index (κ3) is 4.13. The lowest BCUT2D eigenvalue weighted by atomic mass is 10.3. The number of rotatable bonds is 4. The predicted octanol–water partition coefficient (Wildman–Crippen LogP) is -0.289. The van der Waals surface area contributed by atoms with Crippen LogP contribution in [0.2, 0.25) is 0 Å². The van der Waals surface area contributed by atoms with E-state index in [-0.39, 0.29) is 18.3 Å². The maximum Gasteiger partial charge on any atom is 0.260 e. The van der Waals surface area contributed by atoms with Gasteiger partial charge in [-0.15, -0.1) is 0 Å². The number of halogens is 1. The predicted molar refractivity (Wildman–Crippen MR) is 70.7 cm³/mol. The molecule has 1 aliphatic heterocycles. The molecule has 7 nitrogen and oxygen atoms in total. The fourth-order valence-electron chi connectivity index (χ4n) is 1.87. The molecule has 1 fully saturated rings. The summed E-state index contributed by atoms with van der Waals surface area (Å²) in [6.07, 6.45) is 0. The van der Waals surface area contributed by atoms with E-state index in [4.69, 9.17) is 14.6 Å². The van der Waals surface area contributed by atoms with Gasteiger partial charge in [-0.2, -0.15) is 0 Å². The summed E-state index contributed by atoms with van der Waals surface area (Å²) < 4.78 is 46.1. The van der Waals surface area contributed by atoms with Crippen molar-refractivity contribution in [3.63, 3.8) is 0 Å². The van der Waals surface area contributed by atoms with Crippen LogP contribution in [0.25, 0.3) is 0 Å². The van der Waals surface area contributed by atoms with Crippen molar-refractivity contribution in [2.45, 2.75) is 4.90 Å². The number of ether oxygens (including phenoxy) is 2. The zero-order valence-electron chi connectivity index (χ0n) is 11.1. The number of primary sulfonamides is 1. The Hall–Kier alpha value is -1.71. The van der Waals surface area contributed by atoms with Gasteiger partial charge in [0.25, 0.3) is 5.91 Å². The molecule has 0 bridgehead atoms. The van der Waals surface area contributed by atoms with Crippen LogP contribution in [0.15, 0.2) is 23.1 Å². The zero-order chi connectivity index (χ0) is 15.5. The van der Waals surface area contributed by atoms with Crippen LogP contribution in [-0.2, 0) is 19.6 Å². The fraction of sp³-hybridized carbons (Fsp3) is 0.417. The van der Waals surface area contributed by atoms with Gasteiger partial charge in [0.15, 0.2) is 6.61 Å². The van der Waals surface area contributed by atoms with Crippen LogP contribution in [0.4, 0.5) is 4.39 Å². The van der Waals surface area contributed by atoms with Crippen molar-refractivity contribution in [1.82, 2.24) is 4.90 Å². The molecule has 0 aromatic heterocycles. The van der Waals surface area contributed by atoms with Crippen LogP contribution in [0.1, 0.15) is 0 Å². The van der Waals surface area contributed by atoms with Crippen LogP contribution in [0, 0.1) is 5.82 Å². The van der Waals surface area contributed by atoms with Gasteiger partial charge in [-0.25, -0.2) is 17.9 Å². The van der Waals surface area contributed by atoms with E-state index in [1.807, 2.05) is 0 Å². The molecule has 1 saturated heterocycles. The highest BCUT2D eigenvalue weighted by atomic mass is 32.2. The summed E-state index contributed by atoms with van der Waals surface area (Å²) in [6.45, 7) is 1.45. The Morgan fingerprint density at radius 2 is 2.05 bits per heavy atom. The molecule has 0 atom stereocenters. The second-order valence-electron chi connectivity index (χ2n) is 4.42. The van der Waals surface area contributed by atoms with Crippen LogP contribution in [0.3, 0.4) is 0 Å². The van der Waals surface area contributed by atoms with Gasteiger partial charge >= 0.3 is 0 Å². The van der Waals surface area contributed by atoms with Gasteiger partial charge in [-0.1, -0.05) is 0 Å². The average molecular weight is 318 g/mol. The van der Waals surface area contributed by atoms with E-state index < -0.39 is 20.7 Å². The molecule has 0 unspecified atom stereocenters. The Balaban J connectivity index is 2.08. The molecule has 2 N–H and O–H groups in total. The standard InChI is InChI=1S/C12H15FN2O5S/c13-9-1-2-10(11(7-9)21(14,17)18)20-8-12(16)15-3-5-19-6-4-15/h1-2,7H,3-6,8H2,(H2,14,17,18). The molecule has 0 spiro atoms. The first-order valence-electron chi connectivity index (χ1n) is 6.18. The molecule has 0 radical (unpaired) electrons. The Morgan fingerprint density at radius 1 is 1.38 bits per heavy atom. The monoisotopic (exact) mass is 318 g/mol. The van der Waals surface area contributed by atoms with Crippen LogP contribution >= 0.6 is 0 Å². The van der Waals surface area contributed by atoms with E-state index in [0.29, 0.717) is 26.3 Å². The highest BCUT2D eigenvalue weighted by molar-refractivity contribution is 7.89. The van der Waals surface area contributed by atoms with Crippen LogP contribution < -0.4 is 9.88 Å². The maximum absolute atomic E-state index is 13.1. The van der Waals surface area contributed by atoms with E-state index in [9.17, 15) is 17.6 Å². The van der Waals surface area contributed by atoms with Crippen molar-refractivity contribution in [1.29, 1.82) is 0 Å². The topological polar surface area (TPSA) is 98.9 Å². The summed E-state index contributed by atoms with van der Waals surface area (Å²) >= 11 is 0. The number of nitrogens with two attached hydrogens (primary N) is 1. The number of benzene rings is 1. The number of hydrogen-bond acceptors (Lipinski definition) is 5. The summed E-state index contributed by atoms with van der Waals surface area (Å²) in [5, 5.41) is 4.99. The zero-order valence-corrected chi connectivity index (χ0v) is 11.9. The van der Waals surface area contributed by atoms with Crippen LogP contribution in [0.5, 0.6) is 5.75 Å². The number of amides is 1. The first-order valence-corrected chi connectivity index (χ1v) is 7.73. The molecule has 1 aromatic carbocycles. The maximum atomic E-state index is 13.1. The SMILES string of the molecule is NS(=O)(=O)c1cc(F)ccc1OCC(=O)N1CCOCC1.